The van der Waals surface area contributed by atoms with Crippen molar-refractivity contribution >= 4 is 0 Å². The molecule has 3 heterocycles. The fourth-order valence-corrected chi connectivity index (χ4v) is 4.19. The van der Waals surface area contributed by atoms with Gasteiger partial charge in [0.1, 0.15) is 0 Å². The lowest BCUT2D eigenvalue weighted by Crippen LogP contribution is -2.43. The van der Waals surface area contributed by atoms with Crippen LogP contribution in [-0.4, -0.2) is 39.4 Å². The Bertz CT molecular complexity index is 249. The Morgan fingerprint density at radius 2 is 1.26 bits per heavy atom. The van der Waals surface area contributed by atoms with Gasteiger partial charge in [0.05, 0.1) is 13.2 Å². The molecule has 19 heavy (non-hydrogen) atoms. The number of ether oxygens (including phenoxy) is 1. The first-order valence-electron chi connectivity index (χ1n) is 8.32. The third kappa shape index (κ3) is 3.32. The highest BCUT2D eigenvalue weighted by molar-refractivity contribution is 4.92. The predicted octanol–water partition coefficient (Wildman–Crippen LogP) is 2.32. The van der Waals surface area contributed by atoms with Crippen molar-refractivity contribution in [1.29, 1.82) is 0 Å². The van der Waals surface area contributed by atoms with E-state index >= 15 is 0 Å². The van der Waals surface area contributed by atoms with Gasteiger partial charge in [0.25, 0.3) is 0 Å². The second kappa shape index (κ2) is 6.11. The molecule has 0 atom stereocenters. The van der Waals surface area contributed by atoms with E-state index in [-0.39, 0.29) is 0 Å². The smallest absolute Gasteiger partial charge is 0.0557 e. The summed E-state index contributed by atoms with van der Waals surface area (Å²) in [4.78, 5) is 0. The number of nitrogens with one attached hydrogen (secondary N) is 2. The summed E-state index contributed by atoms with van der Waals surface area (Å²) >= 11 is 0. The standard InChI is InChI=1S/C10H19N.C6H11NO/c1-2-4-10(5-3-1)6-8-11-9-7-10;1-2-7-3-6(1)4-8-5-6/h11H,1-9H2;7H,1-5H2. The van der Waals surface area contributed by atoms with E-state index in [1.54, 1.807) is 0 Å². The molecule has 0 aromatic heterocycles. The molecule has 4 aliphatic rings. The lowest BCUT2D eigenvalue weighted by molar-refractivity contribution is -0.0995. The fourth-order valence-electron chi connectivity index (χ4n) is 4.19. The molecule has 3 aliphatic heterocycles. The van der Waals surface area contributed by atoms with Crippen molar-refractivity contribution in [3.05, 3.63) is 0 Å². The number of hydrogen-bond donors (Lipinski definition) is 2. The molecule has 0 radical (unpaired) electrons. The van der Waals surface area contributed by atoms with Crippen LogP contribution in [0, 0.1) is 10.8 Å². The van der Waals surface area contributed by atoms with Crippen LogP contribution in [0.15, 0.2) is 0 Å². The highest BCUT2D eigenvalue weighted by Crippen LogP contribution is 2.42. The molecule has 0 bridgehead atoms. The molecule has 1 saturated carbocycles. The second-order valence-electron chi connectivity index (χ2n) is 7.23. The highest BCUT2D eigenvalue weighted by Gasteiger charge is 2.40. The Hall–Kier alpha value is -0.120. The van der Waals surface area contributed by atoms with Gasteiger partial charge >= 0.3 is 0 Å². The first-order valence-corrected chi connectivity index (χ1v) is 8.32. The highest BCUT2D eigenvalue weighted by atomic mass is 16.5. The monoisotopic (exact) mass is 266 g/mol. The zero-order chi connectivity index (χ0) is 13.0. The van der Waals surface area contributed by atoms with Crippen molar-refractivity contribution in [1.82, 2.24) is 10.6 Å². The van der Waals surface area contributed by atoms with Crippen LogP contribution in [-0.2, 0) is 4.74 Å². The van der Waals surface area contributed by atoms with Gasteiger partial charge in [0, 0.05) is 12.0 Å². The van der Waals surface area contributed by atoms with Crippen LogP contribution < -0.4 is 10.6 Å². The first-order chi connectivity index (χ1) is 9.33. The van der Waals surface area contributed by atoms with Gasteiger partial charge < -0.3 is 15.4 Å². The van der Waals surface area contributed by atoms with Crippen LogP contribution in [0.2, 0.25) is 0 Å². The molecule has 1 aliphatic carbocycles. The molecule has 2 N–H and O–H groups in total. The first kappa shape index (κ1) is 13.8. The maximum atomic E-state index is 5.12. The minimum Gasteiger partial charge on any atom is -0.380 e. The quantitative estimate of drug-likeness (QED) is 0.706. The third-order valence-electron chi connectivity index (χ3n) is 5.73. The lowest BCUT2D eigenvalue weighted by atomic mass is 9.68. The maximum Gasteiger partial charge on any atom is 0.0557 e. The third-order valence-corrected chi connectivity index (χ3v) is 5.73. The summed E-state index contributed by atoms with van der Waals surface area (Å²) in [6.45, 7) is 6.94. The predicted molar refractivity (Wildman–Crippen MR) is 78.4 cm³/mol. The second-order valence-corrected chi connectivity index (χ2v) is 7.23. The van der Waals surface area contributed by atoms with Gasteiger partial charge in [-0.3, -0.25) is 0 Å². The Kier molecular flexibility index (Phi) is 4.45. The van der Waals surface area contributed by atoms with Crippen molar-refractivity contribution < 1.29 is 4.74 Å². The molecular formula is C16H30N2O. The molecular weight excluding hydrogens is 236 g/mol. The van der Waals surface area contributed by atoms with E-state index in [9.17, 15) is 0 Å². The largest absolute Gasteiger partial charge is 0.380 e. The Labute approximate surface area is 117 Å². The fraction of sp³-hybridized carbons (Fsp3) is 1.00. The van der Waals surface area contributed by atoms with Crippen LogP contribution in [0.4, 0.5) is 0 Å². The minimum atomic E-state index is 0.583. The Balaban J connectivity index is 0.000000122. The van der Waals surface area contributed by atoms with Gasteiger partial charge in [0.2, 0.25) is 0 Å². The van der Waals surface area contributed by atoms with Crippen LogP contribution in [0.25, 0.3) is 0 Å². The molecule has 110 valence electrons. The number of piperidine rings is 1. The van der Waals surface area contributed by atoms with Crippen LogP contribution >= 0.6 is 0 Å². The van der Waals surface area contributed by atoms with Gasteiger partial charge in [-0.1, -0.05) is 19.3 Å². The summed E-state index contributed by atoms with van der Waals surface area (Å²) in [6, 6.07) is 0. The summed E-state index contributed by atoms with van der Waals surface area (Å²) in [5.41, 5.74) is 1.38. The van der Waals surface area contributed by atoms with E-state index in [1.807, 2.05) is 0 Å². The summed E-state index contributed by atoms with van der Waals surface area (Å²) in [5.74, 6) is 0. The summed E-state index contributed by atoms with van der Waals surface area (Å²) in [5, 5.41) is 6.79. The molecule has 3 heteroatoms. The van der Waals surface area contributed by atoms with Crippen LogP contribution in [0.1, 0.15) is 51.4 Å². The number of hydrogen-bond acceptors (Lipinski definition) is 3. The van der Waals surface area contributed by atoms with E-state index < -0.39 is 0 Å². The average Bonchev–Trinajstić information content (AvgIpc) is 2.91. The van der Waals surface area contributed by atoms with E-state index in [2.05, 4.69) is 10.6 Å². The van der Waals surface area contributed by atoms with E-state index in [1.165, 1.54) is 77.5 Å². The molecule has 0 amide bonds. The minimum absolute atomic E-state index is 0.583. The van der Waals surface area contributed by atoms with Crippen molar-refractivity contribution in [2.75, 3.05) is 39.4 Å². The van der Waals surface area contributed by atoms with Crippen molar-refractivity contribution in [3.8, 4) is 0 Å². The normalized spacial score (nSPS) is 31.6. The van der Waals surface area contributed by atoms with Gasteiger partial charge in [-0.05, 0) is 57.2 Å². The molecule has 0 aromatic rings. The molecule has 3 saturated heterocycles. The molecule has 0 aromatic carbocycles. The Morgan fingerprint density at radius 3 is 1.74 bits per heavy atom. The van der Waals surface area contributed by atoms with E-state index in [0.717, 1.165) is 18.6 Å². The van der Waals surface area contributed by atoms with Crippen LogP contribution in [0.3, 0.4) is 0 Å². The summed E-state index contributed by atoms with van der Waals surface area (Å²) in [7, 11) is 0. The SMILES string of the molecule is C1CC2(CN1)COC2.C1CCC2(CC1)CCNCC2. The van der Waals surface area contributed by atoms with Gasteiger partial charge in [-0.15, -0.1) is 0 Å². The van der Waals surface area contributed by atoms with Gasteiger partial charge in [-0.25, -0.2) is 0 Å². The zero-order valence-corrected chi connectivity index (χ0v) is 12.3. The molecule has 0 unspecified atom stereocenters. The molecule has 4 fully saturated rings. The van der Waals surface area contributed by atoms with Gasteiger partial charge in [-0.2, -0.15) is 0 Å². The van der Waals surface area contributed by atoms with Crippen LogP contribution in [0.5, 0.6) is 0 Å². The summed E-state index contributed by atoms with van der Waals surface area (Å²) in [6.07, 6.45) is 11.8. The van der Waals surface area contributed by atoms with Crippen molar-refractivity contribution in [2.45, 2.75) is 51.4 Å². The molecule has 2 spiro atoms. The maximum absolute atomic E-state index is 5.12. The van der Waals surface area contributed by atoms with E-state index in [4.69, 9.17) is 4.74 Å². The zero-order valence-electron chi connectivity index (χ0n) is 12.3. The average molecular weight is 266 g/mol. The van der Waals surface area contributed by atoms with Crippen molar-refractivity contribution in [3.63, 3.8) is 0 Å². The molecule has 3 nitrogen and oxygen atoms in total. The van der Waals surface area contributed by atoms with Crippen molar-refractivity contribution in [2.24, 2.45) is 10.8 Å². The summed E-state index contributed by atoms with van der Waals surface area (Å²) < 4.78 is 5.12. The van der Waals surface area contributed by atoms with Gasteiger partial charge in [0.15, 0.2) is 0 Å². The Morgan fingerprint density at radius 1 is 0.632 bits per heavy atom. The topological polar surface area (TPSA) is 33.3 Å². The van der Waals surface area contributed by atoms with E-state index in [0.29, 0.717) is 5.41 Å². The molecule has 4 rings (SSSR count). The number of rotatable bonds is 0. The lowest BCUT2D eigenvalue weighted by Gasteiger charge is -2.40.